The third kappa shape index (κ3) is 5.07. The largest absolute Gasteiger partial charge is 0.512 e. The van der Waals surface area contributed by atoms with Crippen LogP contribution in [-0.4, -0.2) is 52.4 Å². The van der Waals surface area contributed by atoms with Crippen LogP contribution < -0.4 is 0 Å². The SMILES string of the molecule is C/C=C/CCCCC[C@@H]1C=C2[C@]3(CC(=O)O)CC4=C(C(=O)OC4=O)[C@@H]4[C@H]1C[C@@H](C(=O)CC/C=C/C)O[C@@]24OC(=O)O3. The molecule has 0 amide bonds. The summed E-state index contributed by atoms with van der Waals surface area (Å²) in [7, 11) is 0. The number of hydrogen-bond acceptors (Lipinski definition) is 9. The average Bonchev–Trinajstić information content (AvgIpc) is 3.16. The quantitative estimate of drug-likeness (QED) is 0.150. The Hall–Kier alpha value is -3.53. The van der Waals surface area contributed by atoms with E-state index in [1.54, 1.807) is 0 Å². The van der Waals surface area contributed by atoms with E-state index in [0.717, 1.165) is 25.7 Å². The van der Waals surface area contributed by atoms with Crippen molar-refractivity contribution in [3.63, 3.8) is 0 Å². The smallest absolute Gasteiger partial charge is 0.481 e. The van der Waals surface area contributed by atoms with Crippen molar-refractivity contribution in [2.24, 2.45) is 17.8 Å². The standard InChI is InChI=1S/C31H36O10/c1-3-5-7-8-9-11-12-18-14-23-30(17-24(33)34)16-20-25(28(36)38-27(20)35)26-19(18)15-22(21(32)13-10-6-4-2)39-31(23,26)41-29(37)40-30/h3-6,14,18-19,22,26H,7-13,15-17H2,1-2H3,(H,33,34)/b5-3+,6-4+/t18-,19+,22+,26+,30-,31-/m1/s1. The number of unbranched alkanes of at least 4 members (excludes halogenated alkanes) is 3. The van der Waals surface area contributed by atoms with Gasteiger partial charge in [-0.1, -0.05) is 43.2 Å². The number of rotatable bonds is 12. The van der Waals surface area contributed by atoms with Crippen molar-refractivity contribution in [3.05, 3.63) is 47.1 Å². The van der Waals surface area contributed by atoms with Crippen molar-refractivity contribution in [3.8, 4) is 0 Å². The monoisotopic (exact) mass is 568 g/mol. The molecule has 0 saturated carbocycles. The van der Waals surface area contributed by atoms with Crippen molar-refractivity contribution in [1.29, 1.82) is 0 Å². The molecule has 0 aromatic rings. The lowest BCUT2D eigenvalue weighted by Crippen LogP contribution is -2.67. The van der Waals surface area contributed by atoms with Crippen LogP contribution in [0.4, 0.5) is 4.79 Å². The van der Waals surface area contributed by atoms with Gasteiger partial charge in [-0.2, -0.15) is 0 Å². The lowest BCUT2D eigenvalue weighted by molar-refractivity contribution is -0.301. The first kappa shape index (κ1) is 29.0. The van der Waals surface area contributed by atoms with Gasteiger partial charge >= 0.3 is 24.1 Å². The first-order chi connectivity index (χ1) is 19.7. The molecule has 10 heteroatoms. The van der Waals surface area contributed by atoms with Crippen LogP contribution in [0.2, 0.25) is 0 Å². The summed E-state index contributed by atoms with van der Waals surface area (Å²) in [6.07, 6.45) is 12.0. The minimum Gasteiger partial charge on any atom is -0.481 e. The van der Waals surface area contributed by atoms with Gasteiger partial charge in [-0.15, -0.1) is 0 Å². The minimum atomic E-state index is -1.96. The first-order valence-corrected chi connectivity index (χ1v) is 14.4. The van der Waals surface area contributed by atoms with Crippen molar-refractivity contribution >= 4 is 29.8 Å². The van der Waals surface area contributed by atoms with Crippen LogP contribution >= 0.6 is 0 Å². The molecular formula is C31H36O10. The number of carbonyl (C=O) groups is 5. The fourth-order valence-electron chi connectivity index (χ4n) is 7.28. The number of ketones is 1. The van der Waals surface area contributed by atoms with E-state index in [4.69, 9.17) is 18.9 Å². The second-order valence-corrected chi connectivity index (χ2v) is 11.4. The average molecular weight is 569 g/mol. The number of cyclic esters (lactones) is 2. The summed E-state index contributed by atoms with van der Waals surface area (Å²) in [5, 5.41) is 9.93. The van der Waals surface area contributed by atoms with Gasteiger partial charge in [0, 0.05) is 18.4 Å². The predicted octanol–water partition coefficient (Wildman–Crippen LogP) is 4.88. The van der Waals surface area contributed by atoms with E-state index >= 15 is 0 Å². The van der Waals surface area contributed by atoms with Gasteiger partial charge in [0.2, 0.25) is 0 Å². The molecule has 6 atom stereocenters. The molecule has 5 aliphatic rings. The Balaban J connectivity index is 1.63. The second kappa shape index (κ2) is 11.4. The highest BCUT2D eigenvalue weighted by atomic mass is 16.8. The van der Waals surface area contributed by atoms with Gasteiger partial charge in [0.05, 0.1) is 23.5 Å². The zero-order chi connectivity index (χ0) is 29.4. The summed E-state index contributed by atoms with van der Waals surface area (Å²) in [5.41, 5.74) is -1.57. The second-order valence-electron chi connectivity index (χ2n) is 11.4. The normalized spacial score (nSPS) is 33.7. The number of carboxylic acid groups (broad SMARTS) is 1. The lowest BCUT2D eigenvalue weighted by atomic mass is 9.60. The number of carbonyl (C=O) groups excluding carboxylic acids is 4. The number of allylic oxidation sites excluding steroid dienone is 5. The minimum absolute atomic E-state index is 0.0224. The highest BCUT2D eigenvalue weighted by molar-refractivity contribution is 6.13. The Labute approximate surface area is 238 Å². The summed E-state index contributed by atoms with van der Waals surface area (Å²) in [6.45, 7) is 3.84. The van der Waals surface area contributed by atoms with Crippen LogP contribution in [0.15, 0.2) is 47.1 Å². The molecular weight excluding hydrogens is 532 g/mol. The maximum absolute atomic E-state index is 13.4. The zero-order valence-corrected chi connectivity index (χ0v) is 23.4. The topological polar surface area (TPSA) is 142 Å². The molecule has 2 fully saturated rings. The molecule has 0 aromatic carbocycles. The van der Waals surface area contributed by atoms with Crippen LogP contribution in [0.25, 0.3) is 0 Å². The lowest BCUT2D eigenvalue weighted by Gasteiger charge is -2.58. The van der Waals surface area contributed by atoms with Crippen LogP contribution in [-0.2, 0) is 38.1 Å². The summed E-state index contributed by atoms with van der Waals surface area (Å²) in [5.74, 6) is -6.70. The molecule has 2 saturated heterocycles. The van der Waals surface area contributed by atoms with Crippen LogP contribution in [0, 0.1) is 17.8 Å². The molecule has 1 spiro atoms. The number of ether oxygens (including phenoxy) is 4. The first-order valence-electron chi connectivity index (χ1n) is 14.4. The van der Waals surface area contributed by atoms with E-state index in [1.165, 1.54) is 0 Å². The van der Waals surface area contributed by atoms with Gasteiger partial charge in [0.25, 0.3) is 5.79 Å². The number of esters is 2. The third-order valence-electron chi connectivity index (χ3n) is 8.93. The number of hydrogen-bond donors (Lipinski definition) is 1. The molecule has 0 aromatic heterocycles. The maximum atomic E-state index is 13.4. The summed E-state index contributed by atoms with van der Waals surface area (Å²) >= 11 is 0. The Kier molecular flexibility index (Phi) is 8.05. The molecule has 2 aliphatic carbocycles. The fraction of sp³-hybridized carbons (Fsp3) is 0.581. The van der Waals surface area contributed by atoms with Gasteiger partial charge in [-0.25, -0.2) is 14.4 Å². The van der Waals surface area contributed by atoms with Gasteiger partial charge in [-0.3, -0.25) is 9.59 Å². The van der Waals surface area contributed by atoms with E-state index in [2.05, 4.69) is 6.08 Å². The van der Waals surface area contributed by atoms with Gasteiger partial charge < -0.3 is 24.1 Å². The van der Waals surface area contributed by atoms with Crippen LogP contribution in [0.3, 0.4) is 0 Å². The highest BCUT2D eigenvalue weighted by Gasteiger charge is 2.72. The van der Waals surface area contributed by atoms with Crippen LogP contribution in [0.1, 0.15) is 78.1 Å². The number of aliphatic carboxylic acids is 1. The van der Waals surface area contributed by atoms with E-state index < -0.39 is 59.8 Å². The van der Waals surface area contributed by atoms with Gasteiger partial charge in [0.15, 0.2) is 11.4 Å². The maximum Gasteiger partial charge on any atom is 0.512 e. The summed E-state index contributed by atoms with van der Waals surface area (Å²) < 4.78 is 22.9. The summed E-state index contributed by atoms with van der Waals surface area (Å²) in [6, 6.07) is 0. The number of Topliss-reactive ketones (excluding diaryl/α,β-unsaturated/α-hetero) is 1. The molecule has 5 rings (SSSR count). The van der Waals surface area contributed by atoms with E-state index in [0.29, 0.717) is 12.8 Å². The van der Waals surface area contributed by atoms with Gasteiger partial charge in [-0.05, 0) is 57.8 Å². The molecule has 3 aliphatic heterocycles. The Bertz CT molecular complexity index is 1270. The van der Waals surface area contributed by atoms with Crippen molar-refractivity contribution in [2.45, 2.75) is 95.5 Å². The van der Waals surface area contributed by atoms with Crippen molar-refractivity contribution < 1.29 is 48.0 Å². The van der Waals surface area contributed by atoms with Gasteiger partial charge in [0.1, 0.15) is 6.10 Å². The van der Waals surface area contributed by atoms with Crippen molar-refractivity contribution in [2.75, 3.05) is 0 Å². The zero-order valence-electron chi connectivity index (χ0n) is 23.4. The number of carboxylic acids is 1. The molecule has 0 unspecified atom stereocenters. The fourth-order valence-corrected chi connectivity index (χ4v) is 7.28. The molecule has 5 bridgehead atoms. The van der Waals surface area contributed by atoms with E-state index in [1.807, 2.05) is 38.2 Å². The third-order valence-corrected chi connectivity index (χ3v) is 8.93. The molecule has 1 N–H and O–H groups in total. The van der Waals surface area contributed by atoms with E-state index in [9.17, 15) is 29.1 Å². The predicted molar refractivity (Wildman–Crippen MR) is 143 cm³/mol. The van der Waals surface area contributed by atoms with E-state index in [-0.39, 0.29) is 47.7 Å². The molecule has 3 heterocycles. The Morgan fingerprint density at radius 3 is 2.51 bits per heavy atom. The Morgan fingerprint density at radius 2 is 1.78 bits per heavy atom. The van der Waals surface area contributed by atoms with Crippen molar-refractivity contribution in [1.82, 2.24) is 0 Å². The highest BCUT2D eigenvalue weighted by Crippen LogP contribution is 2.63. The molecule has 10 nitrogen and oxygen atoms in total. The summed E-state index contributed by atoms with van der Waals surface area (Å²) in [4.78, 5) is 64.7. The Morgan fingerprint density at radius 1 is 1.02 bits per heavy atom. The molecule has 41 heavy (non-hydrogen) atoms. The van der Waals surface area contributed by atoms with Crippen LogP contribution in [0.5, 0.6) is 0 Å². The molecule has 0 radical (unpaired) electrons. The molecule has 220 valence electrons.